The Morgan fingerprint density at radius 1 is 1.43 bits per heavy atom. The molecule has 21 heavy (non-hydrogen) atoms. The van der Waals surface area contributed by atoms with Gasteiger partial charge in [-0.05, 0) is 25.3 Å². The van der Waals surface area contributed by atoms with Crippen LogP contribution in [-0.2, 0) is 19.6 Å². The number of aromatic carboxylic acids is 1. The highest BCUT2D eigenvalue weighted by molar-refractivity contribution is 7.91. The lowest BCUT2D eigenvalue weighted by molar-refractivity contribution is -0.146. The number of carbonyl (C=O) groups excluding carboxylic acids is 1. The van der Waals surface area contributed by atoms with Crippen molar-refractivity contribution in [1.82, 2.24) is 4.31 Å². The first-order valence-corrected chi connectivity index (χ1v) is 8.61. The van der Waals surface area contributed by atoms with Crippen molar-refractivity contribution in [2.45, 2.75) is 29.5 Å². The number of carboxylic acids is 1. The zero-order valence-electron chi connectivity index (χ0n) is 11.3. The predicted molar refractivity (Wildman–Crippen MR) is 74.8 cm³/mol. The summed E-state index contributed by atoms with van der Waals surface area (Å²) in [4.78, 5) is 22.6. The highest BCUT2D eigenvalue weighted by atomic mass is 32.2. The summed E-state index contributed by atoms with van der Waals surface area (Å²) in [6, 6.07) is 0.273. The summed E-state index contributed by atoms with van der Waals surface area (Å²) in [6.45, 7) is 0.225. The van der Waals surface area contributed by atoms with E-state index in [1.54, 1.807) is 0 Å². The Morgan fingerprint density at radius 2 is 2.14 bits per heavy atom. The lowest BCUT2D eigenvalue weighted by Gasteiger charge is -2.32. The average molecular weight is 333 g/mol. The molecule has 0 saturated carbocycles. The van der Waals surface area contributed by atoms with Crippen LogP contribution in [0.4, 0.5) is 0 Å². The second kappa shape index (κ2) is 6.12. The fraction of sp³-hybridized carbons (Fsp3) is 0.500. The maximum Gasteiger partial charge on any atom is 0.336 e. The van der Waals surface area contributed by atoms with Crippen molar-refractivity contribution in [1.29, 1.82) is 0 Å². The third-order valence-corrected chi connectivity index (χ3v) is 6.64. The minimum atomic E-state index is -3.89. The molecule has 0 bridgehead atoms. The normalized spacial score (nSPS) is 20.1. The van der Waals surface area contributed by atoms with Crippen molar-refractivity contribution in [2.24, 2.45) is 0 Å². The van der Waals surface area contributed by atoms with Gasteiger partial charge in [0.1, 0.15) is 10.3 Å². The Labute approximate surface area is 126 Å². The zero-order valence-corrected chi connectivity index (χ0v) is 12.9. The summed E-state index contributed by atoms with van der Waals surface area (Å²) in [5, 5.41) is 10.1. The molecule has 1 fully saturated rings. The number of sulfonamides is 1. The topological polar surface area (TPSA) is 101 Å². The van der Waals surface area contributed by atoms with E-state index < -0.39 is 28.0 Å². The number of carbonyl (C=O) groups is 2. The van der Waals surface area contributed by atoms with Gasteiger partial charge in [-0.2, -0.15) is 4.31 Å². The molecule has 0 amide bonds. The quantitative estimate of drug-likeness (QED) is 0.830. The molecule has 1 unspecified atom stereocenters. The highest BCUT2D eigenvalue weighted by Crippen LogP contribution is 2.29. The maximum absolute atomic E-state index is 12.6. The van der Waals surface area contributed by atoms with Gasteiger partial charge in [0.15, 0.2) is 0 Å². The molecule has 1 aliphatic heterocycles. The number of carboxylic acid groups (broad SMARTS) is 1. The smallest absolute Gasteiger partial charge is 0.336 e. The maximum atomic E-state index is 12.6. The van der Waals surface area contributed by atoms with Crippen molar-refractivity contribution in [2.75, 3.05) is 13.7 Å². The molecule has 1 aromatic heterocycles. The molecular formula is C12H15NO6S2. The van der Waals surface area contributed by atoms with Crippen LogP contribution in [0.1, 0.15) is 29.6 Å². The SMILES string of the molecule is COC(=O)C1CCCCN1S(=O)(=O)c1cc(C(=O)O)cs1. The molecule has 1 aromatic rings. The number of esters is 1. The molecule has 0 aliphatic carbocycles. The van der Waals surface area contributed by atoms with Gasteiger partial charge >= 0.3 is 11.9 Å². The summed E-state index contributed by atoms with van der Waals surface area (Å²) < 4.78 is 30.9. The number of hydrogen-bond acceptors (Lipinski definition) is 6. The van der Waals surface area contributed by atoms with Gasteiger partial charge in [-0.1, -0.05) is 0 Å². The summed E-state index contributed by atoms with van der Waals surface area (Å²) >= 11 is 0.837. The summed E-state index contributed by atoms with van der Waals surface area (Å²) in [7, 11) is -2.67. The first kappa shape index (κ1) is 15.9. The number of rotatable bonds is 4. The van der Waals surface area contributed by atoms with E-state index in [0.29, 0.717) is 12.8 Å². The van der Waals surface area contributed by atoms with E-state index >= 15 is 0 Å². The summed E-state index contributed by atoms with van der Waals surface area (Å²) in [5.41, 5.74) is -0.0785. The Morgan fingerprint density at radius 3 is 2.71 bits per heavy atom. The number of ether oxygens (including phenoxy) is 1. The number of nitrogens with zero attached hydrogens (tertiary/aromatic N) is 1. The first-order valence-electron chi connectivity index (χ1n) is 6.29. The van der Waals surface area contributed by atoms with Crippen LogP contribution in [0.5, 0.6) is 0 Å². The Balaban J connectivity index is 2.35. The summed E-state index contributed by atoms with van der Waals surface area (Å²) in [6.07, 6.45) is 1.81. The van der Waals surface area contributed by atoms with Crippen LogP contribution in [0.15, 0.2) is 15.7 Å². The third-order valence-electron chi connectivity index (χ3n) is 3.31. The molecular weight excluding hydrogens is 318 g/mol. The molecule has 0 spiro atoms. The van der Waals surface area contributed by atoms with Crippen LogP contribution >= 0.6 is 11.3 Å². The van der Waals surface area contributed by atoms with E-state index in [2.05, 4.69) is 4.74 Å². The van der Waals surface area contributed by atoms with E-state index in [1.165, 1.54) is 12.5 Å². The Bertz CT molecular complexity index is 650. The highest BCUT2D eigenvalue weighted by Gasteiger charge is 2.39. The van der Waals surface area contributed by atoms with Crippen molar-refractivity contribution < 1.29 is 27.9 Å². The van der Waals surface area contributed by atoms with E-state index in [4.69, 9.17) is 5.11 Å². The Hall–Kier alpha value is -1.45. The van der Waals surface area contributed by atoms with Gasteiger partial charge in [-0.25, -0.2) is 13.2 Å². The minimum absolute atomic E-state index is 0.0734. The minimum Gasteiger partial charge on any atom is -0.478 e. The predicted octanol–water partition coefficient (Wildman–Crippen LogP) is 1.16. The Kier molecular flexibility index (Phi) is 4.64. The van der Waals surface area contributed by atoms with E-state index in [0.717, 1.165) is 28.1 Å². The van der Waals surface area contributed by atoms with Gasteiger partial charge in [0.25, 0.3) is 10.0 Å². The number of methoxy groups -OCH3 is 1. The number of hydrogen-bond donors (Lipinski definition) is 1. The van der Waals surface area contributed by atoms with Gasteiger partial charge in [-0.3, -0.25) is 4.79 Å². The van der Waals surface area contributed by atoms with Gasteiger partial charge in [0.05, 0.1) is 12.7 Å². The van der Waals surface area contributed by atoms with Crippen LogP contribution < -0.4 is 0 Å². The van der Waals surface area contributed by atoms with E-state index in [9.17, 15) is 18.0 Å². The lowest BCUT2D eigenvalue weighted by Crippen LogP contribution is -2.48. The molecule has 0 radical (unpaired) electrons. The molecule has 1 aliphatic rings. The first-order chi connectivity index (χ1) is 9.87. The van der Waals surface area contributed by atoms with Crippen molar-refractivity contribution >= 4 is 33.3 Å². The zero-order chi connectivity index (χ0) is 15.6. The standard InChI is InChI=1S/C12H15NO6S2/c1-19-12(16)9-4-2-3-5-13(9)21(17,18)10-6-8(7-20-10)11(14)15/h6-7,9H,2-5H2,1H3,(H,14,15). The molecule has 2 heterocycles. The molecule has 2 rings (SSSR count). The second-order valence-electron chi connectivity index (χ2n) is 4.61. The summed E-state index contributed by atoms with van der Waals surface area (Å²) in [5.74, 6) is -1.77. The van der Waals surface area contributed by atoms with Crippen LogP contribution in [0.25, 0.3) is 0 Å². The van der Waals surface area contributed by atoms with Crippen LogP contribution in [-0.4, -0.2) is 49.5 Å². The molecule has 1 N–H and O–H groups in total. The van der Waals surface area contributed by atoms with Crippen molar-refractivity contribution in [3.05, 3.63) is 17.0 Å². The molecule has 1 atom stereocenters. The molecule has 9 heteroatoms. The third kappa shape index (κ3) is 3.09. The van der Waals surface area contributed by atoms with E-state index in [-0.39, 0.29) is 16.3 Å². The van der Waals surface area contributed by atoms with Crippen molar-refractivity contribution in [3.8, 4) is 0 Å². The molecule has 7 nitrogen and oxygen atoms in total. The van der Waals surface area contributed by atoms with Gasteiger partial charge in [0, 0.05) is 11.9 Å². The largest absolute Gasteiger partial charge is 0.478 e. The number of thiophene rings is 1. The van der Waals surface area contributed by atoms with Crippen molar-refractivity contribution in [3.63, 3.8) is 0 Å². The number of piperidine rings is 1. The fourth-order valence-corrected chi connectivity index (χ4v) is 5.17. The fourth-order valence-electron chi connectivity index (χ4n) is 2.24. The molecule has 0 aromatic carbocycles. The van der Waals surface area contributed by atoms with E-state index in [1.807, 2.05) is 0 Å². The van der Waals surface area contributed by atoms with Crippen LogP contribution in [0, 0.1) is 0 Å². The van der Waals surface area contributed by atoms with Gasteiger partial charge in [0.2, 0.25) is 0 Å². The van der Waals surface area contributed by atoms with Gasteiger partial charge < -0.3 is 9.84 Å². The van der Waals surface area contributed by atoms with Crippen LogP contribution in [0.3, 0.4) is 0 Å². The molecule has 1 saturated heterocycles. The monoisotopic (exact) mass is 333 g/mol. The molecule has 116 valence electrons. The average Bonchev–Trinajstić information content (AvgIpc) is 2.97. The van der Waals surface area contributed by atoms with Crippen LogP contribution in [0.2, 0.25) is 0 Å². The lowest BCUT2D eigenvalue weighted by atomic mass is 10.1. The second-order valence-corrected chi connectivity index (χ2v) is 7.64. The van der Waals surface area contributed by atoms with Gasteiger partial charge in [-0.15, -0.1) is 11.3 Å².